The van der Waals surface area contributed by atoms with Gasteiger partial charge in [-0.25, -0.2) is 4.39 Å². The Bertz CT molecular complexity index is 575. The van der Waals surface area contributed by atoms with E-state index in [0.29, 0.717) is 21.5 Å². The highest BCUT2D eigenvalue weighted by molar-refractivity contribution is 7.98. The fraction of sp³-hybridized carbons (Fsp3) is 0.0769. The Morgan fingerprint density at radius 2 is 1.83 bits per heavy atom. The molecule has 1 nitrogen and oxygen atoms in total. The molecule has 2 rings (SSSR count). The molecule has 0 heterocycles. The third-order valence-electron chi connectivity index (χ3n) is 2.38. The van der Waals surface area contributed by atoms with E-state index >= 15 is 0 Å². The van der Waals surface area contributed by atoms with Gasteiger partial charge in [0.25, 0.3) is 0 Å². The fourth-order valence-corrected chi connectivity index (χ4v) is 2.90. The van der Waals surface area contributed by atoms with Crippen LogP contribution in [0.2, 0.25) is 10.0 Å². The van der Waals surface area contributed by atoms with E-state index in [2.05, 4.69) is 0 Å². The molecule has 0 fully saturated rings. The smallest absolute Gasteiger partial charge is 0.124 e. The molecule has 0 amide bonds. The van der Waals surface area contributed by atoms with Gasteiger partial charge in [0, 0.05) is 15.7 Å². The second kappa shape index (κ2) is 5.83. The molecule has 0 aromatic heterocycles. The van der Waals surface area contributed by atoms with Crippen molar-refractivity contribution in [3.63, 3.8) is 0 Å². The normalized spacial score (nSPS) is 10.6. The maximum Gasteiger partial charge on any atom is 0.124 e. The zero-order chi connectivity index (χ0) is 13.1. The Morgan fingerprint density at radius 1 is 1.06 bits per heavy atom. The standard InChI is InChI=1S/C13H10Cl2FNS/c14-11-5-9(16)2-1-8(11)7-18-10-3-4-13(17)12(15)6-10/h1-6H,7,17H2. The van der Waals surface area contributed by atoms with Crippen molar-refractivity contribution in [2.24, 2.45) is 0 Å². The predicted molar refractivity (Wildman–Crippen MR) is 76.8 cm³/mol. The van der Waals surface area contributed by atoms with Crippen LogP contribution in [-0.4, -0.2) is 0 Å². The number of nitrogen functional groups attached to an aromatic ring is 1. The summed E-state index contributed by atoms with van der Waals surface area (Å²) in [7, 11) is 0. The third kappa shape index (κ3) is 3.31. The first-order valence-corrected chi connectivity index (χ1v) is 6.92. The monoisotopic (exact) mass is 301 g/mol. The highest BCUT2D eigenvalue weighted by Gasteiger charge is 2.04. The summed E-state index contributed by atoms with van der Waals surface area (Å²) in [5.41, 5.74) is 7.07. The van der Waals surface area contributed by atoms with Crippen LogP contribution >= 0.6 is 35.0 Å². The molecule has 5 heteroatoms. The molecular formula is C13H10Cl2FNS. The van der Waals surface area contributed by atoms with E-state index in [-0.39, 0.29) is 5.82 Å². The molecule has 0 aliphatic carbocycles. The predicted octanol–water partition coefficient (Wildman–Crippen LogP) is 5.01. The maximum absolute atomic E-state index is 12.9. The largest absolute Gasteiger partial charge is 0.398 e. The summed E-state index contributed by atoms with van der Waals surface area (Å²) in [4.78, 5) is 0.995. The van der Waals surface area contributed by atoms with Gasteiger partial charge in [-0.3, -0.25) is 0 Å². The highest BCUT2D eigenvalue weighted by atomic mass is 35.5. The third-order valence-corrected chi connectivity index (χ3v) is 4.10. The molecular weight excluding hydrogens is 292 g/mol. The second-order valence-electron chi connectivity index (χ2n) is 3.71. The second-order valence-corrected chi connectivity index (χ2v) is 5.57. The van der Waals surface area contributed by atoms with Crippen LogP contribution in [0.1, 0.15) is 5.56 Å². The van der Waals surface area contributed by atoms with Gasteiger partial charge in [-0.15, -0.1) is 11.8 Å². The molecule has 2 aromatic carbocycles. The molecule has 0 atom stereocenters. The molecule has 94 valence electrons. The van der Waals surface area contributed by atoms with Crippen LogP contribution in [0.25, 0.3) is 0 Å². The van der Waals surface area contributed by atoms with Gasteiger partial charge in [0.2, 0.25) is 0 Å². The lowest BCUT2D eigenvalue weighted by Gasteiger charge is -2.06. The van der Waals surface area contributed by atoms with Crippen LogP contribution < -0.4 is 5.73 Å². The molecule has 0 aliphatic rings. The maximum atomic E-state index is 12.9. The Hall–Kier alpha value is -0.900. The van der Waals surface area contributed by atoms with Crippen molar-refractivity contribution < 1.29 is 4.39 Å². The van der Waals surface area contributed by atoms with E-state index in [9.17, 15) is 4.39 Å². The molecule has 0 saturated carbocycles. The summed E-state index contributed by atoms with van der Waals surface area (Å²) in [6, 6.07) is 9.86. The Kier molecular flexibility index (Phi) is 4.38. The van der Waals surface area contributed by atoms with Gasteiger partial charge < -0.3 is 5.73 Å². The number of hydrogen-bond donors (Lipinski definition) is 1. The average molecular weight is 302 g/mol. The number of nitrogens with two attached hydrogens (primary N) is 1. The van der Waals surface area contributed by atoms with Crippen LogP contribution in [0.5, 0.6) is 0 Å². The summed E-state index contributed by atoms with van der Waals surface area (Å²) in [6.45, 7) is 0. The van der Waals surface area contributed by atoms with Crippen molar-refractivity contribution >= 4 is 40.7 Å². The number of benzene rings is 2. The number of rotatable bonds is 3. The van der Waals surface area contributed by atoms with E-state index in [1.807, 2.05) is 6.07 Å². The average Bonchev–Trinajstić information content (AvgIpc) is 2.32. The zero-order valence-electron chi connectivity index (χ0n) is 9.29. The minimum atomic E-state index is -0.329. The Labute approximate surface area is 119 Å². The van der Waals surface area contributed by atoms with E-state index in [1.54, 1.807) is 30.0 Å². The lowest BCUT2D eigenvalue weighted by Crippen LogP contribution is -1.87. The first-order chi connectivity index (χ1) is 8.56. The quantitative estimate of drug-likeness (QED) is 0.637. The molecule has 2 N–H and O–H groups in total. The molecule has 0 aliphatic heterocycles. The van der Waals surface area contributed by atoms with Crippen molar-refractivity contribution in [1.29, 1.82) is 0 Å². The van der Waals surface area contributed by atoms with Crippen LogP contribution in [-0.2, 0) is 5.75 Å². The number of hydrogen-bond acceptors (Lipinski definition) is 2. The minimum Gasteiger partial charge on any atom is -0.398 e. The fourth-order valence-electron chi connectivity index (χ4n) is 1.40. The summed E-state index contributed by atoms with van der Waals surface area (Å²) >= 11 is 13.5. The summed E-state index contributed by atoms with van der Waals surface area (Å²) < 4.78 is 12.9. The lowest BCUT2D eigenvalue weighted by molar-refractivity contribution is 0.627. The van der Waals surface area contributed by atoms with Gasteiger partial charge in [-0.05, 0) is 35.9 Å². The van der Waals surface area contributed by atoms with Gasteiger partial charge in [-0.1, -0.05) is 29.3 Å². The first kappa shape index (κ1) is 13.5. The van der Waals surface area contributed by atoms with Crippen molar-refractivity contribution in [3.05, 3.63) is 57.8 Å². The number of anilines is 1. The molecule has 0 unspecified atom stereocenters. The minimum absolute atomic E-state index is 0.329. The van der Waals surface area contributed by atoms with Gasteiger partial charge in [-0.2, -0.15) is 0 Å². The van der Waals surface area contributed by atoms with Crippen molar-refractivity contribution in [2.45, 2.75) is 10.6 Å². The van der Waals surface area contributed by atoms with E-state index < -0.39 is 0 Å². The van der Waals surface area contributed by atoms with E-state index in [4.69, 9.17) is 28.9 Å². The van der Waals surface area contributed by atoms with Crippen molar-refractivity contribution in [3.8, 4) is 0 Å². The zero-order valence-corrected chi connectivity index (χ0v) is 11.6. The highest BCUT2D eigenvalue weighted by Crippen LogP contribution is 2.30. The SMILES string of the molecule is Nc1ccc(SCc2ccc(F)cc2Cl)cc1Cl. The molecule has 0 radical (unpaired) electrons. The van der Waals surface area contributed by atoms with Gasteiger partial charge in [0.15, 0.2) is 0 Å². The molecule has 0 saturated heterocycles. The van der Waals surface area contributed by atoms with Gasteiger partial charge in [0.05, 0.1) is 10.7 Å². The lowest BCUT2D eigenvalue weighted by atomic mass is 10.2. The van der Waals surface area contributed by atoms with E-state index in [0.717, 1.165) is 10.5 Å². The van der Waals surface area contributed by atoms with Gasteiger partial charge >= 0.3 is 0 Å². The summed E-state index contributed by atoms with van der Waals surface area (Å²) in [5.74, 6) is 0.323. The van der Waals surface area contributed by atoms with Crippen molar-refractivity contribution in [1.82, 2.24) is 0 Å². The topological polar surface area (TPSA) is 26.0 Å². The first-order valence-electron chi connectivity index (χ1n) is 5.18. The molecule has 0 bridgehead atoms. The van der Waals surface area contributed by atoms with Crippen molar-refractivity contribution in [2.75, 3.05) is 5.73 Å². The Balaban J connectivity index is 2.09. The molecule has 0 spiro atoms. The number of halogens is 3. The van der Waals surface area contributed by atoms with Crippen LogP contribution in [0, 0.1) is 5.82 Å². The molecule has 2 aromatic rings. The van der Waals surface area contributed by atoms with Crippen LogP contribution in [0.4, 0.5) is 10.1 Å². The van der Waals surface area contributed by atoms with Crippen LogP contribution in [0.3, 0.4) is 0 Å². The summed E-state index contributed by atoms with van der Waals surface area (Å²) in [6.07, 6.45) is 0. The Morgan fingerprint density at radius 3 is 2.50 bits per heavy atom. The van der Waals surface area contributed by atoms with Crippen LogP contribution in [0.15, 0.2) is 41.3 Å². The summed E-state index contributed by atoms with van der Waals surface area (Å²) in [5, 5.41) is 0.967. The molecule has 18 heavy (non-hydrogen) atoms. The van der Waals surface area contributed by atoms with E-state index in [1.165, 1.54) is 12.1 Å². The number of thioether (sulfide) groups is 1. The van der Waals surface area contributed by atoms with Gasteiger partial charge in [0.1, 0.15) is 5.82 Å².